The first-order valence-corrected chi connectivity index (χ1v) is 12.8. The van der Waals surface area contributed by atoms with Crippen LogP contribution in [0.3, 0.4) is 0 Å². The van der Waals surface area contributed by atoms with Gasteiger partial charge in [-0.2, -0.15) is 6.07 Å². The summed E-state index contributed by atoms with van der Waals surface area (Å²) in [6, 6.07) is 13.3. The molecule has 0 saturated heterocycles. The summed E-state index contributed by atoms with van der Waals surface area (Å²) in [4.78, 5) is 0. The predicted molar refractivity (Wildman–Crippen MR) is 79.1 cm³/mol. The molecule has 98 valence electrons. The number of fused-ring (bicyclic) bond motifs is 1. The number of aryl methyl sites for hydroxylation is 1. The fraction of sp³-hybridized carbons (Fsp3) is 0.400. The number of halogens is 2. The zero-order valence-corrected chi connectivity index (χ0v) is 14.7. The Kier molecular flexibility index (Phi) is 9.20. The third-order valence-electron chi connectivity index (χ3n) is 3.00. The average molecular weight is 361 g/mol. The van der Waals surface area contributed by atoms with Crippen LogP contribution in [0.2, 0.25) is 0 Å². The number of unbranched alkanes of at least 4 members (excludes halogenated alkanes) is 3. The van der Waals surface area contributed by atoms with E-state index in [-0.39, 0.29) is 0 Å². The van der Waals surface area contributed by atoms with Gasteiger partial charge in [0.2, 0.25) is 0 Å². The summed E-state index contributed by atoms with van der Waals surface area (Å²) >= 11 is -0.826. The maximum atomic E-state index is 4.93. The van der Waals surface area contributed by atoms with Crippen molar-refractivity contribution in [1.29, 1.82) is 0 Å². The summed E-state index contributed by atoms with van der Waals surface area (Å²) in [6.07, 6.45) is 6.65. The van der Waals surface area contributed by atoms with Crippen molar-refractivity contribution < 1.29 is 20.8 Å². The van der Waals surface area contributed by atoms with E-state index in [0.29, 0.717) is 0 Å². The molecule has 2 aromatic carbocycles. The van der Waals surface area contributed by atoms with Crippen molar-refractivity contribution in [2.75, 3.05) is 0 Å². The SMILES string of the molecule is CCCCCCc1cc2ccccc2[cH-]1.[Cl][Zr][Cl]. The van der Waals surface area contributed by atoms with Crippen LogP contribution in [0.5, 0.6) is 0 Å². The minimum atomic E-state index is -0.826. The summed E-state index contributed by atoms with van der Waals surface area (Å²) in [5.41, 5.74) is 1.51. The maximum absolute atomic E-state index is 4.93. The van der Waals surface area contributed by atoms with Gasteiger partial charge in [-0.25, -0.2) is 0 Å². The summed E-state index contributed by atoms with van der Waals surface area (Å²) in [6.45, 7) is 2.26. The molecule has 3 heteroatoms. The second kappa shape index (κ2) is 10.1. The number of hydrogen-bond donors (Lipinski definition) is 0. The Balaban J connectivity index is 0.000000492. The first kappa shape index (κ1) is 16.3. The Morgan fingerprint density at radius 2 is 1.83 bits per heavy atom. The Hall–Kier alpha value is 0.293. The van der Waals surface area contributed by atoms with Crippen LogP contribution in [0.15, 0.2) is 36.4 Å². The van der Waals surface area contributed by atoms with E-state index in [0.717, 1.165) is 0 Å². The summed E-state index contributed by atoms with van der Waals surface area (Å²) in [7, 11) is 9.87. The van der Waals surface area contributed by atoms with Crippen LogP contribution in [0.1, 0.15) is 38.2 Å². The molecule has 0 aliphatic heterocycles. The van der Waals surface area contributed by atoms with E-state index < -0.39 is 20.8 Å². The quantitative estimate of drug-likeness (QED) is 0.449. The van der Waals surface area contributed by atoms with Gasteiger partial charge in [-0.05, 0) is 6.42 Å². The predicted octanol–water partition coefficient (Wildman–Crippen LogP) is 6.06. The molecule has 0 amide bonds. The van der Waals surface area contributed by atoms with Crippen LogP contribution in [0, 0.1) is 0 Å². The average Bonchev–Trinajstić information content (AvgIpc) is 2.78. The second-order valence-electron chi connectivity index (χ2n) is 4.37. The number of hydrogen-bond acceptors (Lipinski definition) is 0. The van der Waals surface area contributed by atoms with E-state index in [1.807, 2.05) is 0 Å². The van der Waals surface area contributed by atoms with E-state index in [2.05, 4.69) is 43.3 Å². The molecule has 2 rings (SSSR count). The zero-order valence-electron chi connectivity index (χ0n) is 10.8. The Bertz CT molecular complexity index is 404. The number of rotatable bonds is 5. The molecule has 0 nitrogen and oxygen atoms in total. The standard InChI is InChI=1S/C15H19.2ClH.Zr/c1-2-3-4-5-8-13-11-14-9-6-7-10-15(14)12-13;;;/h6-7,9-12H,2-5,8H2,1H3;2*1H;/q-1;;;+2/p-2. The van der Waals surface area contributed by atoms with Crippen molar-refractivity contribution in [1.82, 2.24) is 0 Å². The van der Waals surface area contributed by atoms with E-state index in [9.17, 15) is 0 Å². The molecule has 0 aliphatic rings. The molecular weight excluding hydrogens is 342 g/mol. The van der Waals surface area contributed by atoms with Gasteiger partial charge in [-0.3, -0.25) is 0 Å². The second-order valence-corrected chi connectivity index (χ2v) is 8.11. The monoisotopic (exact) mass is 359 g/mol. The fourth-order valence-corrected chi connectivity index (χ4v) is 2.12. The Morgan fingerprint density at radius 1 is 1.11 bits per heavy atom. The molecule has 0 bridgehead atoms. The van der Waals surface area contributed by atoms with Crippen LogP contribution in [-0.2, 0) is 27.3 Å². The van der Waals surface area contributed by atoms with Crippen molar-refractivity contribution in [3.8, 4) is 0 Å². The summed E-state index contributed by atoms with van der Waals surface area (Å²) in [5.74, 6) is 0. The Labute approximate surface area is 129 Å². The van der Waals surface area contributed by atoms with Gasteiger partial charge in [0.05, 0.1) is 0 Å². The molecule has 18 heavy (non-hydrogen) atoms. The van der Waals surface area contributed by atoms with Crippen molar-refractivity contribution in [2.24, 2.45) is 0 Å². The molecule has 0 fully saturated rings. The molecule has 0 aromatic heterocycles. The molecule has 0 unspecified atom stereocenters. The summed E-state index contributed by atoms with van der Waals surface area (Å²) in [5, 5.41) is 2.78. The third kappa shape index (κ3) is 5.96. The normalized spacial score (nSPS) is 9.94. The van der Waals surface area contributed by atoms with Gasteiger partial charge < -0.3 is 0 Å². The van der Waals surface area contributed by atoms with Crippen molar-refractivity contribution >= 4 is 27.8 Å². The van der Waals surface area contributed by atoms with E-state index in [1.54, 1.807) is 0 Å². The third-order valence-corrected chi connectivity index (χ3v) is 3.00. The molecule has 0 heterocycles. The molecule has 2 aromatic rings. The molecule has 0 N–H and O–H groups in total. The fourth-order valence-electron chi connectivity index (χ4n) is 2.12. The zero-order chi connectivity index (χ0) is 13.2. The van der Waals surface area contributed by atoms with Gasteiger partial charge in [-0.1, -0.05) is 38.7 Å². The molecular formula is C15H19Cl2Zr-. The molecule has 0 aliphatic carbocycles. The van der Waals surface area contributed by atoms with Gasteiger partial charge in [0.15, 0.2) is 0 Å². The number of benzene rings is 1. The first-order valence-electron chi connectivity index (χ1n) is 6.42. The van der Waals surface area contributed by atoms with E-state index in [4.69, 9.17) is 17.0 Å². The van der Waals surface area contributed by atoms with Gasteiger partial charge in [0.1, 0.15) is 0 Å². The van der Waals surface area contributed by atoms with Crippen molar-refractivity contribution in [2.45, 2.75) is 39.0 Å². The minimum absolute atomic E-state index is 0.826. The van der Waals surface area contributed by atoms with E-state index >= 15 is 0 Å². The Morgan fingerprint density at radius 3 is 2.50 bits per heavy atom. The van der Waals surface area contributed by atoms with E-state index in [1.165, 1.54) is 48.4 Å². The summed E-state index contributed by atoms with van der Waals surface area (Å²) < 4.78 is 0. The van der Waals surface area contributed by atoms with Gasteiger partial charge in [0.25, 0.3) is 0 Å². The van der Waals surface area contributed by atoms with Crippen LogP contribution in [0.4, 0.5) is 0 Å². The molecule has 0 atom stereocenters. The molecule has 0 radical (unpaired) electrons. The van der Waals surface area contributed by atoms with Crippen molar-refractivity contribution in [3.63, 3.8) is 0 Å². The van der Waals surface area contributed by atoms with Gasteiger partial charge in [0, 0.05) is 0 Å². The first-order chi connectivity index (χ1) is 8.81. The van der Waals surface area contributed by atoms with Crippen LogP contribution >= 0.6 is 17.0 Å². The molecule has 0 spiro atoms. The topological polar surface area (TPSA) is 0 Å². The van der Waals surface area contributed by atoms with Gasteiger partial charge >= 0.3 is 37.9 Å². The van der Waals surface area contributed by atoms with Gasteiger partial charge in [-0.15, -0.1) is 40.6 Å². The van der Waals surface area contributed by atoms with Crippen molar-refractivity contribution in [3.05, 3.63) is 42.0 Å². The molecule has 0 saturated carbocycles. The van der Waals surface area contributed by atoms with Crippen LogP contribution < -0.4 is 0 Å². The van der Waals surface area contributed by atoms with Crippen LogP contribution in [0.25, 0.3) is 10.8 Å². The van der Waals surface area contributed by atoms with Crippen LogP contribution in [-0.4, -0.2) is 0 Å².